The molecule has 1 aliphatic heterocycles. The standard InChI is InChI=1S/C39H55NO13.2Ac/c1-19(2)26(40-34(47)51-17-35(4,5)6)28(43)33(46)52-22-16-39(49)31(53-32(45)21-13-11-10-12-14-21)29-37(9,23(41)15-24-38(29,48)18-50-24)30(44)27(42)25(20(22)3)36(39,7)8;;/h10-14,19,22-24,26-29,31,41-43,48-49H,15-18H2,1-9H3,(H,40,47);;/t22?,23-,24+,26-,27+,28+,29-,31-,37+,38-,39+;;/m0../s1. The van der Waals surface area contributed by atoms with Crippen molar-refractivity contribution in [3.8, 4) is 0 Å². The number of aliphatic hydroxyl groups excluding tert-OH is 3. The average Bonchev–Trinajstić information content (AvgIpc) is 3.07. The van der Waals surface area contributed by atoms with E-state index in [-0.39, 0.29) is 130 Å². The van der Waals surface area contributed by atoms with Crippen LogP contribution in [-0.4, -0.2) is 116 Å². The van der Waals surface area contributed by atoms with Gasteiger partial charge in [-0.15, -0.1) is 0 Å². The van der Waals surface area contributed by atoms with Gasteiger partial charge in [0.15, 0.2) is 11.9 Å². The number of benzene rings is 1. The molecular formula is C39H55Ac2NO13. The number of alkyl carbamates (subject to hydrolysis) is 1. The van der Waals surface area contributed by atoms with Crippen LogP contribution in [0.5, 0.6) is 0 Å². The van der Waals surface area contributed by atoms with Crippen LogP contribution in [0.2, 0.25) is 0 Å². The molecule has 55 heavy (non-hydrogen) atoms. The zero-order valence-electron chi connectivity index (χ0n) is 33.1. The topological polar surface area (TPSA) is 218 Å². The van der Waals surface area contributed by atoms with Crippen LogP contribution in [0.4, 0.5) is 4.79 Å². The van der Waals surface area contributed by atoms with Gasteiger partial charge in [0.05, 0.1) is 42.4 Å². The minimum Gasteiger partial charge on any atom is -0.456 e. The number of amides is 1. The molecular weight excluding hydrogens is 1140 g/mol. The van der Waals surface area contributed by atoms with E-state index in [0.29, 0.717) is 0 Å². The van der Waals surface area contributed by atoms with Crippen LogP contribution >= 0.6 is 0 Å². The molecule has 300 valence electrons. The molecule has 0 spiro atoms. The van der Waals surface area contributed by atoms with E-state index in [4.69, 9.17) is 18.9 Å². The molecule has 1 aromatic carbocycles. The molecule has 2 saturated carbocycles. The third-order valence-electron chi connectivity index (χ3n) is 12.1. The summed E-state index contributed by atoms with van der Waals surface area (Å²) in [5, 5.41) is 62.7. The van der Waals surface area contributed by atoms with Crippen LogP contribution in [0.3, 0.4) is 0 Å². The van der Waals surface area contributed by atoms with E-state index in [2.05, 4.69) is 5.32 Å². The van der Waals surface area contributed by atoms with Crippen molar-refractivity contribution >= 4 is 23.8 Å². The smallest absolute Gasteiger partial charge is 0.407 e. The maximum Gasteiger partial charge on any atom is 0.407 e. The SMILES string of the molecule is CC1=C2[C@@H](O)C(=O)[C@@]3(C)[C@H]([C@H](OC(=O)c4ccccc4)[C@](O)(CC1OC(=O)[C@H](O)[C@@H](NC(=O)OCC(C)(C)C)C(C)C)C2(C)C)[C@]1(O)CO[C@@H]1C[C@@H]3O.[Ac].[Ac]. The Bertz CT molecular complexity index is 1650. The van der Waals surface area contributed by atoms with Crippen molar-refractivity contribution in [1.29, 1.82) is 0 Å². The molecule has 3 fully saturated rings. The predicted octanol–water partition coefficient (Wildman–Crippen LogP) is 2.22. The third kappa shape index (κ3) is 8.72. The fourth-order valence-corrected chi connectivity index (χ4v) is 8.80. The molecule has 3 aliphatic carbocycles. The van der Waals surface area contributed by atoms with Gasteiger partial charge in [0.1, 0.15) is 29.5 Å². The van der Waals surface area contributed by atoms with Crippen LogP contribution in [-0.2, 0) is 28.5 Å². The molecule has 16 heteroatoms. The Labute approximate surface area is 393 Å². The molecule has 14 nitrogen and oxygen atoms in total. The molecule has 2 radical (unpaired) electrons. The Kier molecular flexibility index (Phi) is 15.6. The number of rotatable bonds is 8. The Morgan fingerprint density at radius 1 is 1.02 bits per heavy atom. The number of carbonyl (C=O) groups is 4. The van der Waals surface area contributed by atoms with Crippen LogP contribution in [0.15, 0.2) is 41.5 Å². The Balaban J connectivity index is 0.00000406. The molecule has 5 rings (SSSR count). The van der Waals surface area contributed by atoms with Crippen LogP contribution in [0.1, 0.15) is 85.5 Å². The summed E-state index contributed by atoms with van der Waals surface area (Å²) < 4.78 is 23.0. The van der Waals surface area contributed by atoms with Gasteiger partial charge in [0.25, 0.3) is 0 Å². The van der Waals surface area contributed by atoms with E-state index in [9.17, 15) is 44.7 Å². The zero-order valence-corrected chi connectivity index (χ0v) is 42.6. The summed E-state index contributed by atoms with van der Waals surface area (Å²) in [5.74, 6) is -4.94. The quantitative estimate of drug-likeness (QED) is 0.125. The molecule has 1 aromatic rings. The van der Waals surface area contributed by atoms with Gasteiger partial charge in [-0.3, -0.25) is 4.79 Å². The molecule has 1 heterocycles. The molecule has 6 N–H and O–H groups in total. The molecule has 11 atom stereocenters. The van der Waals surface area contributed by atoms with E-state index in [0.717, 1.165) is 0 Å². The Morgan fingerprint density at radius 2 is 1.62 bits per heavy atom. The average molecular weight is 1200 g/mol. The minimum atomic E-state index is -2.28. The van der Waals surface area contributed by atoms with Crippen LogP contribution < -0.4 is 5.32 Å². The van der Waals surface area contributed by atoms with Crippen molar-refractivity contribution in [3.63, 3.8) is 0 Å². The Hall–Kier alpha value is -0.517. The number of carbonyl (C=O) groups excluding carboxylic acids is 4. The first-order valence-electron chi connectivity index (χ1n) is 18.2. The summed E-state index contributed by atoms with van der Waals surface area (Å²) in [6.45, 7) is 14.7. The number of hydrogen-bond donors (Lipinski definition) is 6. The molecule has 2 bridgehead atoms. The normalized spacial score (nSPS) is 34.8. The maximum atomic E-state index is 14.6. The maximum absolute atomic E-state index is 14.6. The molecule has 1 unspecified atom stereocenters. The summed E-state index contributed by atoms with van der Waals surface area (Å²) in [5.41, 5.74) is -7.76. The third-order valence-corrected chi connectivity index (χ3v) is 12.1. The number of fused-ring (bicyclic) bond motifs is 5. The monoisotopic (exact) mass is 1200 g/mol. The zero-order chi connectivity index (χ0) is 39.6. The van der Waals surface area contributed by atoms with Gasteiger partial charge in [0.2, 0.25) is 0 Å². The van der Waals surface area contributed by atoms with Gasteiger partial charge in [-0.25, -0.2) is 14.4 Å². The van der Waals surface area contributed by atoms with Crippen LogP contribution in [0, 0.1) is 116 Å². The number of nitrogens with one attached hydrogen (secondary N) is 1. The second-order valence-corrected chi connectivity index (χ2v) is 17.5. The second-order valence-electron chi connectivity index (χ2n) is 17.5. The molecule has 1 amide bonds. The van der Waals surface area contributed by atoms with Gasteiger partial charge in [0, 0.05) is 112 Å². The van der Waals surface area contributed by atoms with E-state index in [1.165, 1.54) is 26.0 Å². The number of Topliss-reactive ketones (excluding diaryl/α,β-unsaturated/α-hetero) is 1. The molecule has 1 saturated heterocycles. The first-order valence-corrected chi connectivity index (χ1v) is 18.2. The van der Waals surface area contributed by atoms with E-state index < -0.39 is 107 Å². The van der Waals surface area contributed by atoms with E-state index in [1.807, 2.05) is 20.8 Å². The van der Waals surface area contributed by atoms with Crippen molar-refractivity contribution in [2.24, 2.45) is 28.1 Å². The number of ether oxygens (including phenoxy) is 4. The number of hydrogen-bond acceptors (Lipinski definition) is 13. The van der Waals surface area contributed by atoms with Gasteiger partial charge in [-0.2, -0.15) is 0 Å². The summed E-state index contributed by atoms with van der Waals surface area (Å²) in [6, 6.07) is 6.75. The fourth-order valence-electron chi connectivity index (χ4n) is 8.80. The number of esters is 2. The van der Waals surface area contributed by atoms with Crippen molar-refractivity contribution in [2.45, 2.75) is 129 Å². The van der Waals surface area contributed by atoms with Gasteiger partial charge >= 0.3 is 18.0 Å². The van der Waals surface area contributed by atoms with Crippen LogP contribution in [0.25, 0.3) is 0 Å². The summed E-state index contributed by atoms with van der Waals surface area (Å²) in [7, 11) is 0. The molecule has 4 aliphatic rings. The van der Waals surface area contributed by atoms with Crippen molar-refractivity contribution in [3.05, 3.63) is 47.0 Å². The van der Waals surface area contributed by atoms with E-state index >= 15 is 0 Å². The summed E-state index contributed by atoms with van der Waals surface area (Å²) >= 11 is 0. The minimum absolute atomic E-state index is 0. The van der Waals surface area contributed by atoms with Gasteiger partial charge < -0.3 is 49.8 Å². The van der Waals surface area contributed by atoms with Gasteiger partial charge in [-0.1, -0.05) is 66.7 Å². The first-order chi connectivity index (χ1) is 24.4. The summed E-state index contributed by atoms with van der Waals surface area (Å²) in [6.07, 6.45) is -10.9. The largest absolute Gasteiger partial charge is 0.456 e. The van der Waals surface area contributed by atoms with Crippen molar-refractivity contribution in [1.82, 2.24) is 5.32 Å². The molecule has 0 aromatic heterocycles. The van der Waals surface area contributed by atoms with Crippen molar-refractivity contribution < 1.29 is 152 Å². The number of ketones is 1. The Morgan fingerprint density at radius 3 is 2.15 bits per heavy atom. The predicted molar refractivity (Wildman–Crippen MR) is 188 cm³/mol. The first kappa shape index (κ1) is 48.8. The fraction of sp³-hybridized carbons (Fsp3) is 0.692. The van der Waals surface area contributed by atoms with E-state index in [1.54, 1.807) is 45.9 Å². The van der Waals surface area contributed by atoms with Crippen molar-refractivity contribution in [2.75, 3.05) is 13.2 Å². The second kappa shape index (κ2) is 17.6. The number of aliphatic hydroxyl groups is 5. The van der Waals surface area contributed by atoms with Gasteiger partial charge in [-0.05, 0) is 48.5 Å². The summed E-state index contributed by atoms with van der Waals surface area (Å²) in [4.78, 5) is 54.9.